The SMILES string of the molecule is NCCCOC1CCC(NCc2ccc3c(c2)CN(C2CCC(=O)NC2=O)C3=O)CC1. The number of piperidine rings is 1. The Kier molecular flexibility index (Phi) is 6.99. The van der Waals surface area contributed by atoms with Gasteiger partial charge in [0.05, 0.1) is 6.10 Å². The van der Waals surface area contributed by atoms with Crippen molar-refractivity contribution in [1.82, 2.24) is 15.5 Å². The second-order valence-corrected chi connectivity index (χ2v) is 8.76. The van der Waals surface area contributed by atoms with Gasteiger partial charge in [0.15, 0.2) is 0 Å². The number of fused-ring (bicyclic) bond motifs is 1. The van der Waals surface area contributed by atoms with Gasteiger partial charge in [0.2, 0.25) is 11.8 Å². The Hall–Kier alpha value is -2.29. The number of hydrogen-bond acceptors (Lipinski definition) is 6. The summed E-state index contributed by atoms with van der Waals surface area (Å²) in [5.41, 5.74) is 8.26. The van der Waals surface area contributed by atoms with Crippen molar-refractivity contribution in [3.05, 3.63) is 34.9 Å². The molecule has 1 atom stereocenters. The van der Waals surface area contributed by atoms with Crippen LogP contribution in [0.4, 0.5) is 0 Å². The summed E-state index contributed by atoms with van der Waals surface area (Å²) in [6.07, 6.45) is 6.27. The van der Waals surface area contributed by atoms with Crippen LogP contribution >= 0.6 is 0 Å². The number of imide groups is 1. The van der Waals surface area contributed by atoms with E-state index in [1.165, 1.54) is 0 Å². The standard InChI is InChI=1S/C23H32N4O4/c24-10-1-11-31-18-5-3-17(4-6-18)25-13-15-2-7-19-16(12-15)14-27(23(19)30)20-8-9-21(28)26-22(20)29/h2,7,12,17-18,20,25H,1,3-6,8-11,13-14,24H2,(H,26,28,29). The van der Waals surface area contributed by atoms with E-state index in [0.717, 1.165) is 56.4 Å². The Balaban J connectivity index is 1.28. The molecule has 4 rings (SSSR count). The van der Waals surface area contributed by atoms with Crippen molar-refractivity contribution >= 4 is 17.7 Å². The van der Waals surface area contributed by atoms with E-state index >= 15 is 0 Å². The van der Waals surface area contributed by atoms with E-state index in [1.807, 2.05) is 12.1 Å². The molecule has 2 aliphatic heterocycles. The molecule has 4 N–H and O–H groups in total. The first-order valence-corrected chi connectivity index (χ1v) is 11.4. The van der Waals surface area contributed by atoms with Crippen molar-refractivity contribution in [3.63, 3.8) is 0 Å². The maximum Gasteiger partial charge on any atom is 0.255 e. The zero-order chi connectivity index (χ0) is 21.8. The molecule has 1 saturated heterocycles. The van der Waals surface area contributed by atoms with E-state index in [2.05, 4.69) is 16.7 Å². The van der Waals surface area contributed by atoms with Crippen LogP contribution in [-0.4, -0.2) is 54.0 Å². The van der Waals surface area contributed by atoms with Crippen LogP contribution in [-0.2, 0) is 27.4 Å². The summed E-state index contributed by atoms with van der Waals surface area (Å²) < 4.78 is 5.88. The zero-order valence-corrected chi connectivity index (χ0v) is 17.9. The molecule has 8 heteroatoms. The van der Waals surface area contributed by atoms with E-state index in [1.54, 1.807) is 4.90 Å². The molecular formula is C23H32N4O4. The van der Waals surface area contributed by atoms with Crippen molar-refractivity contribution in [2.45, 2.75) is 76.2 Å². The molecule has 0 aromatic heterocycles. The zero-order valence-electron chi connectivity index (χ0n) is 17.9. The smallest absolute Gasteiger partial charge is 0.255 e. The van der Waals surface area contributed by atoms with E-state index in [4.69, 9.17) is 10.5 Å². The average molecular weight is 429 g/mol. The lowest BCUT2D eigenvalue weighted by molar-refractivity contribution is -0.136. The summed E-state index contributed by atoms with van der Waals surface area (Å²) in [5.74, 6) is -0.770. The number of carbonyl (C=O) groups is 3. The topological polar surface area (TPSA) is 114 Å². The molecule has 3 aliphatic rings. The van der Waals surface area contributed by atoms with Crippen LogP contribution in [0.1, 0.15) is 66.4 Å². The lowest BCUT2D eigenvalue weighted by Crippen LogP contribution is -2.52. The molecule has 1 aromatic carbocycles. The van der Waals surface area contributed by atoms with Gasteiger partial charge < -0.3 is 20.7 Å². The van der Waals surface area contributed by atoms with Crippen LogP contribution < -0.4 is 16.4 Å². The second-order valence-electron chi connectivity index (χ2n) is 8.76. The Morgan fingerprint density at radius 2 is 1.94 bits per heavy atom. The van der Waals surface area contributed by atoms with Gasteiger partial charge >= 0.3 is 0 Å². The number of carbonyl (C=O) groups excluding carboxylic acids is 3. The highest BCUT2D eigenvalue weighted by atomic mass is 16.5. The maximum atomic E-state index is 12.8. The summed E-state index contributed by atoms with van der Waals surface area (Å²) in [5, 5.41) is 5.98. The highest BCUT2D eigenvalue weighted by Crippen LogP contribution is 2.28. The van der Waals surface area contributed by atoms with Gasteiger partial charge in [0, 0.05) is 37.7 Å². The highest BCUT2D eigenvalue weighted by molar-refractivity contribution is 6.05. The molecule has 1 saturated carbocycles. The Morgan fingerprint density at radius 1 is 1.13 bits per heavy atom. The highest BCUT2D eigenvalue weighted by Gasteiger charge is 2.39. The maximum absolute atomic E-state index is 12.8. The minimum atomic E-state index is -0.568. The first-order chi connectivity index (χ1) is 15.0. The molecule has 168 valence electrons. The third-order valence-corrected chi connectivity index (χ3v) is 6.56. The molecule has 3 amide bonds. The van der Waals surface area contributed by atoms with Gasteiger partial charge in [-0.3, -0.25) is 19.7 Å². The monoisotopic (exact) mass is 428 g/mol. The molecule has 31 heavy (non-hydrogen) atoms. The predicted octanol–water partition coefficient (Wildman–Crippen LogP) is 1.21. The first kappa shape index (κ1) is 21.9. The quantitative estimate of drug-likeness (QED) is 0.424. The summed E-state index contributed by atoms with van der Waals surface area (Å²) >= 11 is 0. The first-order valence-electron chi connectivity index (χ1n) is 11.4. The van der Waals surface area contributed by atoms with Gasteiger partial charge in [-0.2, -0.15) is 0 Å². The molecule has 2 heterocycles. The Morgan fingerprint density at radius 3 is 2.68 bits per heavy atom. The minimum Gasteiger partial charge on any atom is -0.378 e. The van der Waals surface area contributed by atoms with Gasteiger partial charge in [0.1, 0.15) is 6.04 Å². The van der Waals surface area contributed by atoms with E-state index in [0.29, 0.717) is 37.2 Å². The van der Waals surface area contributed by atoms with Crippen LogP contribution in [0.15, 0.2) is 18.2 Å². The van der Waals surface area contributed by atoms with Crippen molar-refractivity contribution in [3.8, 4) is 0 Å². The molecular weight excluding hydrogens is 396 g/mol. The van der Waals surface area contributed by atoms with Crippen molar-refractivity contribution < 1.29 is 19.1 Å². The van der Waals surface area contributed by atoms with Crippen LogP contribution in [0.2, 0.25) is 0 Å². The lowest BCUT2D eigenvalue weighted by Gasteiger charge is -2.29. The third kappa shape index (κ3) is 5.14. The molecule has 1 unspecified atom stereocenters. The van der Waals surface area contributed by atoms with Gasteiger partial charge in [-0.15, -0.1) is 0 Å². The molecule has 8 nitrogen and oxygen atoms in total. The summed E-state index contributed by atoms with van der Waals surface area (Å²) in [7, 11) is 0. The van der Waals surface area contributed by atoms with Gasteiger partial charge in [-0.1, -0.05) is 12.1 Å². The number of nitrogens with two attached hydrogens (primary N) is 1. The fourth-order valence-electron chi connectivity index (χ4n) is 4.77. The molecule has 0 radical (unpaired) electrons. The van der Waals surface area contributed by atoms with E-state index in [-0.39, 0.29) is 24.1 Å². The number of amides is 3. The van der Waals surface area contributed by atoms with Gasteiger partial charge in [0.25, 0.3) is 5.91 Å². The number of hydrogen-bond donors (Lipinski definition) is 3. The number of nitrogens with zero attached hydrogens (tertiary/aromatic N) is 1. The number of rotatable bonds is 8. The predicted molar refractivity (Wildman–Crippen MR) is 115 cm³/mol. The minimum absolute atomic E-state index is 0.128. The Bertz CT molecular complexity index is 835. The summed E-state index contributed by atoms with van der Waals surface area (Å²) in [6.45, 7) is 2.60. The van der Waals surface area contributed by atoms with Crippen molar-refractivity contribution in [2.75, 3.05) is 13.2 Å². The molecule has 0 bridgehead atoms. The van der Waals surface area contributed by atoms with E-state index < -0.39 is 6.04 Å². The molecule has 1 aliphatic carbocycles. The number of ether oxygens (including phenoxy) is 1. The second kappa shape index (κ2) is 9.89. The summed E-state index contributed by atoms with van der Waals surface area (Å²) in [6, 6.07) is 5.82. The number of nitrogens with one attached hydrogen (secondary N) is 2. The van der Waals surface area contributed by atoms with Crippen molar-refractivity contribution in [2.24, 2.45) is 5.73 Å². The van der Waals surface area contributed by atoms with Gasteiger partial charge in [-0.05, 0) is 62.3 Å². The Labute approximate surface area is 182 Å². The van der Waals surface area contributed by atoms with Crippen molar-refractivity contribution in [1.29, 1.82) is 0 Å². The third-order valence-electron chi connectivity index (χ3n) is 6.56. The molecule has 2 fully saturated rings. The van der Waals surface area contributed by atoms with E-state index in [9.17, 15) is 14.4 Å². The van der Waals surface area contributed by atoms with Crippen LogP contribution in [0.25, 0.3) is 0 Å². The normalized spacial score (nSPS) is 26.2. The molecule has 1 aromatic rings. The summed E-state index contributed by atoms with van der Waals surface area (Å²) in [4.78, 5) is 38.0. The fraction of sp³-hybridized carbons (Fsp3) is 0.609. The van der Waals surface area contributed by atoms with Crippen LogP contribution in [0.3, 0.4) is 0 Å². The van der Waals surface area contributed by atoms with Crippen LogP contribution in [0.5, 0.6) is 0 Å². The average Bonchev–Trinajstić information content (AvgIpc) is 3.09. The largest absolute Gasteiger partial charge is 0.378 e. The molecule has 0 spiro atoms. The number of benzene rings is 1. The lowest BCUT2D eigenvalue weighted by atomic mass is 9.92. The van der Waals surface area contributed by atoms with Crippen LogP contribution in [0, 0.1) is 0 Å². The fourth-order valence-corrected chi connectivity index (χ4v) is 4.77. The van der Waals surface area contributed by atoms with Gasteiger partial charge in [-0.25, -0.2) is 0 Å².